The summed E-state index contributed by atoms with van der Waals surface area (Å²) in [6, 6.07) is 7.91. The molecule has 0 bridgehead atoms. The number of benzene rings is 1. The molecular weight excluding hydrogens is 214 g/mol. The molecule has 0 saturated carbocycles. The Morgan fingerprint density at radius 1 is 1.29 bits per heavy atom. The van der Waals surface area contributed by atoms with Crippen LogP contribution in [-0.4, -0.2) is 16.4 Å². The number of ether oxygens (including phenoxy) is 1. The quantitative estimate of drug-likeness (QED) is 0.882. The molecule has 0 saturated heterocycles. The van der Waals surface area contributed by atoms with E-state index >= 15 is 0 Å². The van der Waals surface area contributed by atoms with Gasteiger partial charge in [-0.25, -0.2) is 0 Å². The third kappa shape index (κ3) is 2.11. The molecule has 2 N–H and O–H groups in total. The first-order chi connectivity index (χ1) is 8.13. The second kappa shape index (κ2) is 4.49. The Labute approximate surface area is 101 Å². The molecule has 0 atom stereocenters. The normalized spacial score (nSPS) is 10.5. The van der Waals surface area contributed by atoms with Gasteiger partial charge in [-0.15, -0.1) is 0 Å². The van der Waals surface area contributed by atoms with E-state index in [0.29, 0.717) is 12.4 Å². The molecule has 0 unspecified atom stereocenters. The van der Waals surface area contributed by atoms with Crippen LogP contribution in [0.1, 0.15) is 12.6 Å². The number of nitrogens with two attached hydrogens (primary N) is 1. The van der Waals surface area contributed by atoms with Gasteiger partial charge in [0.15, 0.2) is 5.82 Å². The zero-order valence-electron chi connectivity index (χ0n) is 10.4. The smallest absolute Gasteiger partial charge is 0.153 e. The van der Waals surface area contributed by atoms with E-state index in [1.54, 1.807) is 4.68 Å². The number of hydrogen-bond donors (Lipinski definition) is 1. The number of rotatable bonds is 3. The minimum Gasteiger partial charge on any atom is -0.494 e. The van der Waals surface area contributed by atoms with Crippen molar-refractivity contribution in [3.8, 4) is 16.9 Å². The summed E-state index contributed by atoms with van der Waals surface area (Å²) in [7, 11) is 1.89. The molecule has 0 aliphatic heterocycles. The molecule has 0 aliphatic rings. The zero-order valence-corrected chi connectivity index (χ0v) is 10.4. The molecule has 0 spiro atoms. The topological polar surface area (TPSA) is 53.1 Å². The molecule has 1 aromatic heterocycles. The number of aryl methyl sites for hydroxylation is 1. The van der Waals surface area contributed by atoms with Crippen LogP contribution in [0.4, 0.5) is 5.82 Å². The molecule has 0 amide bonds. The standard InChI is InChI=1S/C13H17N3O/c1-4-17-11-7-5-10(6-8-11)12-9(2)16(3)15-13(12)14/h5-8H,4H2,1-3H3,(H2,14,15). The summed E-state index contributed by atoms with van der Waals surface area (Å²) in [6.45, 7) is 4.65. The highest BCUT2D eigenvalue weighted by Crippen LogP contribution is 2.29. The van der Waals surface area contributed by atoms with E-state index in [1.807, 2.05) is 45.2 Å². The molecule has 0 aliphatic carbocycles. The summed E-state index contributed by atoms with van der Waals surface area (Å²) in [4.78, 5) is 0. The molecule has 4 nitrogen and oxygen atoms in total. The van der Waals surface area contributed by atoms with Gasteiger partial charge in [0.05, 0.1) is 6.61 Å². The third-order valence-corrected chi connectivity index (χ3v) is 2.82. The molecule has 1 aromatic carbocycles. The monoisotopic (exact) mass is 231 g/mol. The largest absolute Gasteiger partial charge is 0.494 e. The lowest BCUT2D eigenvalue weighted by atomic mass is 10.1. The summed E-state index contributed by atoms with van der Waals surface area (Å²) in [5, 5.41) is 4.21. The van der Waals surface area contributed by atoms with E-state index in [-0.39, 0.29) is 0 Å². The van der Waals surface area contributed by atoms with Crippen LogP contribution in [0.3, 0.4) is 0 Å². The first-order valence-corrected chi connectivity index (χ1v) is 5.65. The number of anilines is 1. The lowest BCUT2D eigenvalue weighted by molar-refractivity contribution is 0.340. The maximum Gasteiger partial charge on any atom is 0.153 e. The SMILES string of the molecule is CCOc1ccc(-c2c(N)nn(C)c2C)cc1. The van der Waals surface area contributed by atoms with Crippen LogP contribution in [0.5, 0.6) is 5.75 Å². The third-order valence-electron chi connectivity index (χ3n) is 2.82. The molecule has 0 fully saturated rings. The van der Waals surface area contributed by atoms with Gasteiger partial charge >= 0.3 is 0 Å². The van der Waals surface area contributed by atoms with Crippen molar-refractivity contribution in [2.45, 2.75) is 13.8 Å². The van der Waals surface area contributed by atoms with Gasteiger partial charge in [0.25, 0.3) is 0 Å². The second-order valence-electron chi connectivity index (χ2n) is 3.93. The fourth-order valence-electron chi connectivity index (χ4n) is 1.88. The lowest BCUT2D eigenvalue weighted by Crippen LogP contribution is -1.93. The molecular formula is C13H17N3O. The van der Waals surface area contributed by atoms with Crippen LogP contribution >= 0.6 is 0 Å². The van der Waals surface area contributed by atoms with Gasteiger partial charge in [0.1, 0.15) is 5.75 Å². The average Bonchev–Trinajstić information content (AvgIpc) is 2.55. The Balaban J connectivity index is 2.39. The Morgan fingerprint density at radius 3 is 2.41 bits per heavy atom. The van der Waals surface area contributed by atoms with Crippen molar-refractivity contribution in [3.05, 3.63) is 30.0 Å². The summed E-state index contributed by atoms with van der Waals surface area (Å²) < 4.78 is 7.20. The van der Waals surface area contributed by atoms with Crippen molar-refractivity contribution in [1.29, 1.82) is 0 Å². The predicted molar refractivity (Wildman–Crippen MR) is 69.0 cm³/mol. The lowest BCUT2D eigenvalue weighted by Gasteiger charge is -2.05. The van der Waals surface area contributed by atoms with Crippen LogP contribution in [-0.2, 0) is 7.05 Å². The Kier molecular flexibility index (Phi) is 3.04. The zero-order chi connectivity index (χ0) is 12.4. The summed E-state index contributed by atoms with van der Waals surface area (Å²) in [5.74, 6) is 1.44. The number of aromatic nitrogens is 2. The van der Waals surface area contributed by atoms with E-state index < -0.39 is 0 Å². The highest BCUT2D eigenvalue weighted by atomic mass is 16.5. The number of hydrogen-bond acceptors (Lipinski definition) is 3. The second-order valence-corrected chi connectivity index (χ2v) is 3.93. The maximum absolute atomic E-state index is 5.91. The highest BCUT2D eigenvalue weighted by molar-refractivity contribution is 5.76. The van der Waals surface area contributed by atoms with Crippen LogP contribution in [0.15, 0.2) is 24.3 Å². The summed E-state index contributed by atoms with van der Waals surface area (Å²) in [5.41, 5.74) is 9.03. The predicted octanol–water partition coefficient (Wildman–Crippen LogP) is 2.38. The van der Waals surface area contributed by atoms with Crippen molar-refractivity contribution in [3.63, 3.8) is 0 Å². The average molecular weight is 231 g/mol. The minimum atomic E-state index is 0.564. The van der Waals surface area contributed by atoms with E-state index in [0.717, 1.165) is 22.6 Å². The van der Waals surface area contributed by atoms with Gasteiger partial charge < -0.3 is 10.5 Å². The first-order valence-electron chi connectivity index (χ1n) is 5.65. The minimum absolute atomic E-state index is 0.564. The highest BCUT2D eigenvalue weighted by Gasteiger charge is 2.12. The fraction of sp³-hybridized carbons (Fsp3) is 0.308. The molecule has 2 rings (SSSR count). The Morgan fingerprint density at radius 2 is 1.94 bits per heavy atom. The molecule has 4 heteroatoms. The van der Waals surface area contributed by atoms with Crippen LogP contribution in [0.2, 0.25) is 0 Å². The van der Waals surface area contributed by atoms with Gasteiger partial charge in [-0.05, 0) is 31.5 Å². The number of nitrogen functional groups attached to an aromatic ring is 1. The molecule has 0 radical (unpaired) electrons. The van der Waals surface area contributed by atoms with Gasteiger partial charge in [0.2, 0.25) is 0 Å². The summed E-state index contributed by atoms with van der Waals surface area (Å²) in [6.07, 6.45) is 0. The molecule has 2 aromatic rings. The van der Waals surface area contributed by atoms with Crippen molar-refractivity contribution >= 4 is 5.82 Å². The molecule has 17 heavy (non-hydrogen) atoms. The van der Waals surface area contributed by atoms with Crippen molar-refractivity contribution in [2.24, 2.45) is 7.05 Å². The Hall–Kier alpha value is -1.97. The molecule has 90 valence electrons. The number of nitrogens with zero attached hydrogens (tertiary/aromatic N) is 2. The van der Waals surface area contributed by atoms with E-state index in [4.69, 9.17) is 10.5 Å². The Bertz CT molecular complexity index is 514. The van der Waals surface area contributed by atoms with Crippen LogP contribution in [0.25, 0.3) is 11.1 Å². The van der Waals surface area contributed by atoms with Crippen molar-refractivity contribution in [1.82, 2.24) is 9.78 Å². The van der Waals surface area contributed by atoms with E-state index in [1.165, 1.54) is 0 Å². The van der Waals surface area contributed by atoms with Gasteiger partial charge in [-0.1, -0.05) is 12.1 Å². The van der Waals surface area contributed by atoms with Crippen molar-refractivity contribution in [2.75, 3.05) is 12.3 Å². The maximum atomic E-state index is 5.91. The van der Waals surface area contributed by atoms with Gasteiger partial charge in [-0.3, -0.25) is 4.68 Å². The van der Waals surface area contributed by atoms with Crippen LogP contribution in [0, 0.1) is 6.92 Å². The van der Waals surface area contributed by atoms with Crippen LogP contribution < -0.4 is 10.5 Å². The van der Waals surface area contributed by atoms with Gasteiger partial charge in [-0.2, -0.15) is 5.10 Å². The molecule has 1 heterocycles. The fourth-order valence-corrected chi connectivity index (χ4v) is 1.88. The van der Waals surface area contributed by atoms with E-state index in [2.05, 4.69) is 5.10 Å². The van der Waals surface area contributed by atoms with E-state index in [9.17, 15) is 0 Å². The first kappa shape index (κ1) is 11.5. The van der Waals surface area contributed by atoms with Crippen molar-refractivity contribution < 1.29 is 4.74 Å². The summed E-state index contributed by atoms with van der Waals surface area (Å²) >= 11 is 0. The van der Waals surface area contributed by atoms with Gasteiger partial charge in [0, 0.05) is 18.3 Å².